The van der Waals surface area contributed by atoms with E-state index in [1.54, 1.807) is 28.8 Å². The van der Waals surface area contributed by atoms with Crippen LogP contribution < -0.4 is 0 Å². The van der Waals surface area contributed by atoms with E-state index in [4.69, 9.17) is 4.42 Å². The maximum atomic E-state index is 12.8. The van der Waals surface area contributed by atoms with Gasteiger partial charge in [0.2, 0.25) is 10.0 Å². The van der Waals surface area contributed by atoms with Crippen LogP contribution >= 0.6 is 0 Å². The lowest BCUT2D eigenvalue weighted by Gasteiger charge is -2.22. The van der Waals surface area contributed by atoms with Crippen molar-refractivity contribution in [3.63, 3.8) is 0 Å². The number of sulfonamides is 1. The molecule has 0 unspecified atom stereocenters. The summed E-state index contributed by atoms with van der Waals surface area (Å²) in [6, 6.07) is 10.6. The summed E-state index contributed by atoms with van der Waals surface area (Å²) >= 11 is 0. The summed E-state index contributed by atoms with van der Waals surface area (Å²) in [6.45, 7) is 2.60. The molecule has 1 aliphatic heterocycles. The fraction of sp³-hybridized carbons (Fsp3) is 0.375. The minimum absolute atomic E-state index is 0.184. The molecule has 1 saturated heterocycles. The Bertz CT molecular complexity index is 690. The van der Waals surface area contributed by atoms with E-state index in [0.717, 1.165) is 30.6 Å². The van der Waals surface area contributed by atoms with Crippen molar-refractivity contribution in [2.75, 3.05) is 6.54 Å². The summed E-state index contributed by atoms with van der Waals surface area (Å²) in [5.74, 6) is 0.723. The smallest absolute Gasteiger partial charge is 0.243 e. The highest BCUT2D eigenvalue weighted by Gasteiger charge is 2.37. The molecule has 1 aromatic heterocycles. The van der Waals surface area contributed by atoms with E-state index in [2.05, 4.69) is 6.92 Å². The van der Waals surface area contributed by atoms with Crippen LogP contribution in [0, 0.1) is 0 Å². The van der Waals surface area contributed by atoms with Crippen LogP contribution in [0.1, 0.15) is 37.1 Å². The zero-order chi connectivity index (χ0) is 14.9. The van der Waals surface area contributed by atoms with E-state index in [-0.39, 0.29) is 6.04 Å². The quantitative estimate of drug-likeness (QED) is 0.870. The Balaban J connectivity index is 1.93. The first-order chi connectivity index (χ1) is 10.1. The molecule has 3 rings (SSSR count). The highest BCUT2D eigenvalue weighted by Crippen LogP contribution is 2.36. The number of benzene rings is 1. The Hall–Kier alpha value is -1.59. The van der Waals surface area contributed by atoms with Crippen LogP contribution in [-0.4, -0.2) is 19.3 Å². The lowest BCUT2D eigenvalue weighted by atomic mass is 10.2. The molecule has 0 saturated carbocycles. The molecular formula is C16H19NO3S. The van der Waals surface area contributed by atoms with Gasteiger partial charge in [-0.15, -0.1) is 0 Å². The van der Waals surface area contributed by atoms with E-state index in [0.29, 0.717) is 11.4 Å². The van der Waals surface area contributed by atoms with Gasteiger partial charge in [-0.2, -0.15) is 4.31 Å². The largest absolute Gasteiger partial charge is 0.468 e. The van der Waals surface area contributed by atoms with Crippen LogP contribution in [0.4, 0.5) is 0 Å². The summed E-state index contributed by atoms with van der Waals surface area (Å²) < 4.78 is 32.6. The van der Waals surface area contributed by atoms with E-state index >= 15 is 0 Å². The van der Waals surface area contributed by atoms with Gasteiger partial charge >= 0.3 is 0 Å². The van der Waals surface area contributed by atoms with E-state index in [1.165, 1.54) is 0 Å². The van der Waals surface area contributed by atoms with Gasteiger partial charge in [-0.1, -0.05) is 19.1 Å². The predicted molar refractivity (Wildman–Crippen MR) is 80.4 cm³/mol. The number of nitrogens with zero attached hydrogens (tertiary/aromatic N) is 1. The minimum atomic E-state index is -3.47. The molecule has 0 spiro atoms. The highest BCUT2D eigenvalue weighted by molar-refractivity contribution is 7.89. The fourth-order valence-corrected chi connectivity index (χ4v) is 4.49. The van der Waals surface area contributed by atoms with Gasteiger partial charge < -0.3 is 4.42 Å². The molecule has 1 aromatic carbocycles. The topological polar surface area (TPSA) is 50.5 Å². The number of hydrogen-bond acceptors (Lipinski definition) is 3. The van der Waals surface area contributed by atoms with E-state index in [9.17, 15) is 8.42 Å². The van der Waals surface area contributed by atoms with Gasteiger partial charge in [-0.3, -0.25) is 0 Å². The van der Waals surface area contributed by atoms with Crippen LogP contribution in [0.5, 0.6) is 0 Å². The third-order valence-electron chi connectivity index (χ3n) is 4.01. The molecule has 2 heterocycles. The molecule has 1 fully saturated rings. The van der Waals surface area contributed by atoms with Gasteiger partial charge in [0, 0.05) is 6.54 Å². The summed E-state index contributed by atoms with van der Waals surface area (Å²) in [5, 5.41) is 0. The van der Waals surface area contributed by atoms with Gasteiger partial charge in [-0.25, -0.2) is 8.42 Å². The fourth-order valence-electron chi connectivity index (χ4n) is 2.83. The molecule has 21 heavy (non-hydrogen) atoms. The maximum Gasteiger partial charge on any atom is 0.243 e. The van der Waals surface area contributed by atoms with Crippen LogP contribution in [-0.2, 0) is 16.4 Å². The molecule has 0 bridgehead atoms. The van der Waals surface area contributed by atoms with Crippen molar-refractivity contribution in [3.05, 3.63) is 54.0 Å². The van der Waals surface area contributed by atoms with Crippen LogP contribution in [0.3, 0.4) is 0 Å². The van der Waals surface area contributed by atoms with Gasteiger partial charge in [-0.05, 0) is 49.1 Å². The highest BCUT2D eigenvalue weighted by atomic mass is 32.2. The van der Waals surface area contributed by atoms with Gasteiger partial charge in [0.25, 0.3) is 0 Å². The first kappa shape index (κ1) is 14.4. The number of furan rings is 1. The van der Waals surface area contributed by atoms with Crippen LogP contribution in [0.15, 0.2) is 52.0 Å². The second-order valence-electron chi connectivity index (χ2n) is 5.29. The molecule has 1 aliphatic rings. The molecule has 112 valence electrons. The van der Waals surface area contributed by atoms with Crippen molar-refractivity contribution < 1.29 is 12.8 Å². The summed E-state index contributed by atoms with van der Waals surface area (Å²) in [6.07, 6.45) is 4.16. The molecule has 5 heteroatoms. The third kappa shape index (κ3) is 2.63. The Labute approximate surface area is 125 Å². The second-order valence-corrected chi connectivity index (χ2v) is 7.18. The number of aryl methyl sites for hydroxylation is 1. The van der Waals surface area contributed by atoms with E-state index < -0.39 is 10.0 Å². The van der Waals surface area contributed by atoms with Crippen molar-refractivity contribution in [1.29, 1.82) is 0 Å². The second kappa shape index (κ2) is 5.66. The lowest BCUT2D eigenvalue weighted by molar-refractivity contribution is 0.340. The zero-order valence-electron chi connectivity index (χ0n) is 12.0. The number of hydrogen-bond donors (Lipinski definition) is 0. The summed E-state index contributed by atoms with van der Waals surface area (Å²) in [5.41, 5.74) is 1.14. The van der Waals surface area contributed by atoms with Crippen LogP contribution in [0.2, 0.25) is 0 Å². The predicted octanol–water partition coefficient (Wildman–Crippen LogP) is 3.37. The maximum absolute atomic E-state index is 12.8. The molecule has 2 aromatic rings. The van der Waals surface area contributed by atoms with Gasteiger partial charge in [0.15, 0.2) is 0 Å². The SMILES string of the molecule is CCc1ccc(S(=O)(=O)N2CCC[C@H]2c2ccco2)cc1. The molecule has 0 amide bonds. The van der Waals surface area contributed by atoms with Crippen molar-refractivity contribution in [1.82, 2.24) is 4.31 Å². The van der Waals surface area contributed by atoms with Gasteiger partial charge in [0.05, 0.1) is 17.2 Å². The summed E-state index contributed by atoms with van der Waals surface area (Å²) in [4.78, 5) is 0.359. The van der Waals surface area contributed by atoms with Gasteiger partial charge in [0.1, 0.15) is 5.76 Å². The monoisotopic (exact) mass is 305 g/mol. The van der Waals surface area contributed by atoms with Crippen molar-refractivity contribution in [3.8, 4) is 0 Å². The average molecular weight is 305 g/mol. The Morgan fingerprint density at radius 1 is 1.24 bits per heavy atom. The van der Waals surface area contributed by atoms with Crippen LogP contribution in [0.25, 0.3) is 0 Å². The van der Waals surface area contributed by atoms with Crippen molar-refractivity contribution in [2.24, 2.45) is 0 Å². The first-order valence-corrected chi connectivity index (χ1v) is 8.71. The molecule has 0 radical (unpaired) electrons. The Morgan fingerprint density at radius 2 is 2.00 bits per heavy atom. The Morgan fingerprint density at radius 3 is 2.62 bits per heavy atom. The number of rotatable bonds is 4. The standard InChI is InChI=1S/C16H19NO3S/c1-2-13-7-9-14(10-8-13)21(18,19)17-11-3-5-15(17)16-6-4-12-20-16/h4,6-10,12,15H,2-3,5,11H2,1H3/t15-/m0/s1. The molecule has 4 nitrogen and oxygen atoms in total. The van der Waals surface area contributed by atoms with Crippen molar-refractivity contribution >= 4 is 10.0 Å². The first-order valence-electron chi connectivity index (χ1n) is 7.27. The van der Waals surface area contributed by atoms with E-state index in [1.807, 2.05) is 18.2 Å². The lowest BCUT2D eigenvalue weighted by Crippen LogP contribution is -2.30. The van der Waals surface area contributed by atoms with Crippen molar-refractivity contribution in [2.45, 2.75) is 37.1 Å². The minimum Gasteiger partial charge on any atom is -0.468 e. The summed E-state index contributed by atoms with van der Waals surface area (Å²) in [7, 11) is -3.47. The molecule has 1 atom stereocenters. The zero-order valence-corrected chi connectivity index (χ0v) is 12.8. The molecule has 0 N–H and O–H groups in total. The normalized spacial score (nSPS) is 20.0. The third-order valence-corrected chi connectivity index (χ3v) is 5.94. The molecule has 0 aliphatic carbocycles. The Kier molecular flexibility index (Phi) is 3.87. The molecular weight excluding hydrogens is 286 g/mol. The average Bonchev–Trinajstić information content (AvgIpc) is 3.17.